The Kier molecular flexibility index (Phi) is 3.49. The maximum absolute atomic E-state index is 5.34. The van der Waals surface area contributed by atoms with Crippen molar-refractivity contribution in [3.05, 3.63) is 35.4 Å². The maximum atomic E-state index is 5.34. The molecule has 0 fully saturated rings. The van der Waals surface area contributed by atoms with Gasteiger partial charge in [-0.15, -0.1) is 0 Å². The number of aromatic nitrogens is 2. The van der Waals surface area contributed by atoms with Crippen molar-refractivity contribution in [2.24, 2.45) is 7.05 Å². The number of hydrogen-bond acceptors (Lipinski definition) is 4. The summed E-state index contributed by atoms with van der Waals surface area (Å²) in [6.45, 7) is 3.43. The summed E-state index contributed by atoms with van der Waals surface area (Å²) in [5, 5.41) is 7.61. The predicted molar refractivity (Wildman–Crippen MR) is 63.7 cm³/mol. The third-order valence-electron chi connectivity index (χ3n) is 2.66. The summed E-state index contributed by atoms with van der Waals surface area (Å²) in [5.74, 6) is 1.73. The van der Waals surface area contributed by atoms with E-state index in [2.05, 4.69) is 10.4 Å². The van der Waals surface area contributed by atoms with Crippen molar-refractivity contribution in [1.29, 1.82) is 0 Å². The molecule has 2 aromatic heterocycles. The highest BCUT2D eigenvalue weighted by molar-refractivity contribution is 5.16. The van der Waals surface area contributed by atoms with Gasteiger partial charge in [0.2, 0.25) is 5.88 Å². The van der Waals surface area contributed by atoms with Crippen molar-refractivity contribution in [3.63, 3.8) is 0 Å². The quantitative estimate of drug-likeness (QED) is 0.855. The van der Waals surface area contributed by atoms with E-state index in [-0.39, 0.29) is 0 Å². The summed E-state index contributed by atoms with van der Waals surface area (Å²) in [5.41, 5.74) is 2.12. The molecule has 1 N–H and O–H groups in total. The van der Waals surface area contributed by atoms with Gasteiger partial charge < -0.3 is 14.5 Å². The predicted octanol–water partition coefficient (Wildman–Crippen LogP) is 1.62. The number of furan rings is 1. The van der Waals surface area contributed by atoms with Crippen LogP contribution >= 0.6 is 0 Å². The summed E-state index contributed by atoms with van der Waals surface area (Å²) in [7, 11) is 3.50. The van der Waals surface area contributed by atoms with E-state index < -0.39 is 0 Å². The lowest BCUT2D eigenvalue weighted by Crippen LogP contribution is -2.13. The lowest BCUT2D eigenvalue weighted by atomic mass is 10.3. The molecule has 0 saturated carbocycles. The van der Waals surface area contributed by atoms with Gasteiger partial charge in [-0.25, -0.2) is 4.68 Å². The molecule has 0 atom stereocenters. The number of ether oxygens (including phenoxy) is 1. The van der Waals surface area contributed by atoms with Crippen LogP contribution in [0, 0.1) is 6.92 Å². The highest BCUT2D eigenvalue weighted by atomic mass is 16.5. The van der Waals surface area contributed by atoms with E-state index in [4.69, 9.17) is 9.15 Å². The molecule has 2 heterocycles. The Balaban J connectivity index is 1.88. The van der Waals surface area contributed by atoms with Crippen LogP contribution in [0.3, 0.4) is 0 Å². The van der Waals surface area contributed by atoms with Gasteiger partial charge in [0.15, 0.2) is 0 Å². The van der Waals surface area contributed by atoms with Crippen LogP contribution in [0.25, 0.3) is 0 Å². The maximum Gasteiger partial charge on any atom is 0.211 e. The van der Waals surface area contributed by atoms with Crippen LogP contribution in [0.15, 0.2) is 22.8 Å². The van der Waals surface area contributed by atoms with E-state index in [9.17, 15) is 0 Å². The molecular formula is C12H17N3O2. The van der Waals surface area contributed by atoms with Gasteiger partial charge in [0.25, 0.3) is 0 Å². The van der Waals surface area contributed by atoms with E-state index >= 15 is 0 Å². The molecular weight excluding hydrogens is 218 g/mol. The Morgan fingerprint density at radius 1 is 1.47 bits per heavy atom. The molecule has 0 aliphatic rings. The molecule has 92 valence electrons. The molecule has 0 amide bonds. The van der Waals surface area contributed by atoms with Crippen molar-refractivity contribution in [1.82, 2.24) is 15.1 Å². The first-order chi connectivity index (χ1) is 8.20. The minimum Gasteiger partial charge on any atom is -0.481 e. The fraction of sp³-hybridized carbons (Fsp3) is 0.417. The van der Waals surface area contributed by atoms with Crippen LogP contribution in [0.1, 0.15) is 17.0 Å². The van der Waals surface area contributed by atoms with Gasteiger partial charge in [0, 0.05) is 19.7 Å². The lowest BCUT2D eigenvalue weighted by Gasteiger charge is -2.00. The molecule has 2 rings (SSSR count). The van der Waals surface area contributed by atoms with Crippen LogP contribution in [-0.4, -0.2) is 16.9 Å². The number of methoxy groups -OCH3 is 1. The minimum absolute atomic E-state index is 0.692. The highest BCUT2D eigenvalue weighted by Gasteiger charge is 2.05. The van der Waals surface area contributed by atoms with Gasteiger partial charge in [-0.2, -0.15) is 5.10 Å². The smallest absolute Gasteiger partial charge is 0.211 e. The average molecular weight is 235 g/mol. The third-order valence-corrected chi connectivity index (χ3v) is 2.66. The molecule has 0 saturated heterocycles. The zero-order valence-electron chi connectivity index (χ0n) is 10.4. The number of rotatable bonds is 5. The second-order valence-electron chi connectivity index (χ2n) is 3.93. The van der Waals surface area contributed by atoms with E-state index in [1.807, 2.05) is 26.1 Å². The minimum atomic E-state index is 0.692. The van der Waals surface area contributed by atoms with Gasteiger partial charge in [-0.1, -0.05) is 0 Å². The highest BCUT2D eigenvalue weighted by Crippen LogP contribution is 2.11. The summed E-state index contributed by atoms with van der Waals surface area (Å²) in [6.07, 6.45) is 1.70. The first-order valence-corrected chi connectivity index (χ1v) is 5.51. The Bertz CT molecular complexity index is 488. The first-order valence-electron chi connectivity index (χ1n) is 5.51. The van der Waals surface area contributed by atoms with Crippen molar-refractivity contribution in [2.45, 2.75) is 20.0 Å². The number of nitrogens with one attached hydrogen (secondary N) is 1. The second kappa shape index (κ2) is 5.05. The Hall–Kier alpha value is -1.75. The Morgan fingerprint density at radius 2 is 2.29 bits per heavy atom. The largest absolute Gasteiger partial charge is 0.481 e. The molecule has 5 nitrogen and oxygen atoms in total. The molecule has 0 aromatic carbocycles. The van der Waals surface area contributed by atoms with Gasteiger partial charge >= 0.3 is 0 Å². The van der Waals surface area contributed by atoms with Crippen LogP contribution in [0.5, 0.6) is 5.88 Å². The molecule has 0 radical (unpaired) electrons. The molecule has 17 heavy (non-hydrogen) atoms. The van der Waals surface area contributed by atoms with Crippen molar-refractivity contribution >= 4 is 0 Å². The van der Waals surface area contributed by atoms with Crippen LogP contribution < -0.4 is 10.1 Å². The van der Waals surface area contributed by atoms with Crippen LogP contribution in [0.2, 0.25) is 0 Å². The fourth-order valence-corrected chi connectivity index (χ4v) is 1.67. The van der Waals surface area contributed by atoms with Gasteiger partial charge in [-0.3, -0.25) is 0 Å². The summed E-state index contributed by atoms with van der Waals surface area (Å²) < 4.78 is 12.2. The summed E-state index contributed by atoms with van der Waals surface area (Å²) in [4.78, 5) is 0. The molecule has 2 aromatic rings. The normalized spacial score (nSPS) is 10.8. The van der Waals surface area contributed by atoms with E-state index in [0.717, 1.165) is 22.9 Å². The number of hydrogen-bond donors (Lipinski definition) is 1. The van der Waals surface area contributed by atoms with Crippen molar-refractivity contribution in [3.8, 4) is 5.88 Å². The van der Waals surface area contributed by atoms with Crippen LogP contribution in [-0.2, 0) is 20.1 Å². The van der Waals surface area contributed by atoms with E-state index in [1.165, 1.54) is 0 Å². The molecule has 0 spiro atoms. The van der Waals surface area contributed by atoms with Crippen molar-refractivity contribution in [2.75, 3.05) is 7.11 Å². The van der Waals surface area contributed by atoms with Crippen LogP contribution in [0.4, 0.5) is 0 Å². The zero-order valence-corrected chi connectivity index (χ0v) is 10.4. The molecule has 5 heteroatoms. The zero-order chi connectivity index (χ0) is 12.3. The fourth-order valence-electron chi connectivity index (χ4n) is 1.67. The molecule has 0 unspecified atom stereocenters. The first kappa shape index (κ1) is 11.7. The van der Waals surface area contributed by atoms with Crippen molar-refractivity contribution < 1.29 is 9.15 Å². The molecule has 0 aliphatic carbocycles. The number of aryl methyl sites for hydroxylation is 2. The van der Waals surface area contributed by atoms with E-state index in [0.29, 0.717) is 13.1 Å². The second-order valence-corrected chi connectivity index (χ2v) is 3.93. The SMILES string of the molecule is COc1cc(CNCc2occc2C)nn1C. The summed E-state index contributed by atoms with van der Waals surface area (Å²) in [6, 6.07) is 3.88. The number of nitrogens with zero attached hydrogens (tertiary/aromatic N) is 2. The third kappa shape index (κ3) is 2.68. The summed E-state index contributed by atoms with van der Waals surface area (Å²) >= 11 is 0. The Labute approximate surface area is 100 Å². The monoisotopic (exact) mass is 235 g/mol. The molecule has 0 aliphatic heterocycles. The average Bonchev–Trinajstić information content (AvgIpc) is 2.86. The molecule has 0 bridgehead atoms. The van der Waals surface area contributed by atoms with Gasteiger partial charge in [0.1, 0.15) is 5.76 Å². The standard InChI is InChI=1S/C12H17N3O2/c1-9-4-5-17-11(9)8-13-7-10-6-12(16-3)15(2)14-10/h4-6,13H,7-8H2,1-3H3. The van der Waals surface area contributed by atoms with Gasteiger partial charge in [0.05, 0.1) is 25.6 Å². The lowest BCUT2D eigenvalue weighted by molar-refractivity contribution is 0.373. The van der Waals surface area contributed by atoms with Gasteiger partial charge in [-0.05, 0) is 18.6 Å². The Morgan fingerprint density at radius 3 is 2.88 bits per heavy atom. The van der Waals surface area contributed by atoms with E-state index in [1.54, 1.807) is 18.1 Å². The topological polar surface area (TPSA) is 52.2 Å².